The molecule has 0 saturated heterocycles. The first-order valence-corrected chi connectivity index (χ1v) is 8.35. The first-order valence-electron chi connectivity index (χ1n) is 7.56. The van der Waals surface area contributed by atoms with E-state index in [9.17, 15) is 9.59 Å². The summed E-state index contributed by atoms with van der Waals surface area (Å²) in [5.74, 6) is -0.805. The Morgan fingerprint density at radius 2 is 1.88 bits per heavy atom. The van der Waals surface area contributed by atoms with Crippen LogP contribution in [0, 0.1) is 0 Å². The maximum Gasteiger partial charge on any atom is 0.331 e. The van der Waals surface area contributed by atoms with Crippen molar-refractivity contribution in [3.05, 3.63) is 70.7 Å². The monoisotopic (exact) mass is 387 g/mol. The van der Waals surface area contributed by atoms with E-state index in [1.807, 2.05) is 61.5 Å². The van der Waals surface area contributed by atoms with E-state index in [-0.39, 0.29) is 12.5 Å². The highest BCUT2D eigenvalue weighted by molar-refractivity contribution is 9.10. The number of likely N-dealkylation sites (N-methyl/N-ethyl adjacent to an activating group) is 1. The van der Waals surface area contributed by atoms with Gasteiger partial charge in [0.1, 0.15) is 0 Å². The molecular weight excluding hydrogens is 370 g/mol. The highest BCUT2D eigenvalue weighted by Crippen LogP contribution is 2.14. The fourth-order valence-corrected chi connectivity index (χ4v) is 2.56. The summed E-state index contributed by atoms with van der Waals surface area (Å²) in [6.45, 7) is 2.10. The third-order valence-corrected chi connectivity index (χ3v) is 3.78. The maximum atomic E-state index is 12.2. The molecule has 0 aliphatic heterocycles. The molecule has 0 atom stereocenters. The number of para-hydroxylation sites is 1. The highest BCUT2D eigenvalue weighted by atomic mass is 79.9. The smallest absolute Gasteiger partial charge is 0.331 e. The van der Waals surface area contributed by atoms with Gasteiger partial charge in [0, 0.05) is 22.8 Å². The van der Waals surface area contributed by atoms with Gasteiger partial charge < -0.3 is 9.64 Å². The average Bonchev–Trinajstić information content (AvgIpc) is 2.60. The molecule has 0 saturated carbocycles. The molecule has 0 heterocycles. The lowest BCUT2D eigenvalue weighted by Crippen LogP contribution is -2.34. The van der Waals surface area contributed by atoms with Crippen molar-refractivity contribution in [2.24, 2.45) is 0 Å². The molecule has 0 aromatic heterocycles. The van der Waals surface area contributed by atoms with Crippen molar-refractivity contribution in [2.45, 2.75) is 6.92 Å². The largest absolute Gasteiger partial charge is 0.452 e. The van der Waals surface area contributed by atoms with Crippen molar-refractivity contribution in [1.29, 1.82) is 0 Å². The number of anilines is 1. The average molecular weight is 388 g/mol. The summed E-state index contributed by atoms with van der Waals surface area (Å²) < 4.78 is 5.96. The van der Waals surface area contributed by atoms with E-state index in [1.165, 1.54) is 6.08 Å². The van der Waals surface area contributed by atoms with Gasteiger partial charge in [-0.3, -0.25) is 4.79 Å². The van der Waals surface area contributed by atoms with Crippen molar-refractivity contribution in [1.82, 2.24) is 0 Å². The molecule has 0 bridgehead atoms. The van der Waals surface area contributed by atoms with Crippen LogP contribution in [0.3, 0.4) is 0 Å². The van der Waals surface area contributed by atoms with Gasteiger partial charge in [0.15, 0.2) is 6.61 Å². The number of ether oxygens (including phenoxy) is 1. The summed E-state index contributed by atoms with van der Waals surface area (Å²) in [5.41, 5.74) is 1.65. The van der Waals surface area contributed by atoms with E-state index in [1.54, 1.807) is 11.0 Å². The molecule has 0 radical (unpaired) electrons. The quantitative estimate of drug-likeness (QED) is 0.554. The number of carbonyl (C=O) groups excluding carboxylic acids is 2. The van der Waals surface area contributed by atoms with Crippen LogP contribution >= 0.6 is 15.9 Å². The van der Waals surface area contributed by atoms with E-state index < -0.39 is 5.97 Å². The molecule has 124 valence electrons. The van der Waals surface area contributed by atoms with Crippen molar-refractivity contribution in [3.63, 3.8) is 0 Å². The molecule has 5 heteroatoms. The summed E-state index contributed by atoms with van der Waals surface area (Å²) in [6, 6.07) is 16.8. The van der Waals surface area contributed by atoms with Crippen LogP contribution in [0.5, 0.6) is 0 Å². The number of hydrogen-bond donors (Lipinski definition) is 0. The molecule has 0 N–H and O–H groups in total. The summed E-state index contributed by atoms with van der Waals surface area (Å²) >= 11 is 3.36. The summed E-state index contributed by atoms with van der Waals surface area (Å²) in [7, 11) is 0. The Morgan fingerprint density at radius 1 is 1.12 bits per heavy atom. The summed E-state index contributed by atoms with van der Waals surface area (Å²) in [4.78, 5) is 25.6. The molecule has 2 aromatic carbocycles. The lowest BCUT2D eigenvalue weighted by Gasteiger charge is -2.20. The van der Waals surface area contributed by atoms with Crippen molar-refractivity contribution in [2.75, 3.05) is 18.1 Å². The van der Waals surface area contributed by atoms with E-state index in [4.69, 9.17) is 4.74 Å². The second-order valence-corrected chi connectivity index (χ2v) is 5.89. The van der Waals surface area contributed by atoms with Gasteiger partial charge in [-0.1, -0.05) is 46.3 Å². The van der Waals surface area contributed by atoms with Crippen molar-refractivity contribution < 1.29 is 14.3 Å². The fourth-order valence-electron chi connectivity index (χ4n) is 2.14. The summed E-state index contributed by atoms with van der Waals surface area (Å²) in [5, 5.41) is 0. The second kappa shape index (κ2) is 9.03. The molecule has 0 unspecified atom stereocenters. The maximum absolute atomic E-state index is 12.2. The SMILES string of the molecule is CCN(C(=O)COC(=O)/C=C/c1cccc(Br)c1)c1ccccc1. The van der Waals surface area contributed by atoms with Crippen LogP contribution in [0.15, 0.2) is 65.1 Å². The van der Waals surface area contributed by atoms with E-state index >= 15 is 0 Å². The van der Waals surface area contributed by atoms with Crippen LogP contribution in [-0.2, 0) is 14.3 Å². The van der Waals surface area contributed by atoms with Crippen LogP contribution in [0.1, 0.15) is 12.5 Å². The first kappa shape index (κ1) is 17.9. The normalized spacial score (nSPS) is 10.6. The highest BCUT2D eigenvalue weighted by Gasteiger charge is 2.14. The molecule has 0 aliphatic carbocycles. The molecule has 0 fully saturated rings. The minimum atomic E-state index is -0.549. The zero-order valence-electron chi connectivity index (χ0n) is 13.3. The van der Waals surface area contributed by atoms with Crippen LogP contribution in [-0.4, -0.2) is 25.0 Å². The zero-order chi connectivity index (χ0) is 17.4. The number of esters is 1. The van der Waals surface area contributed by atoms with Crippen LogP contribution in [0.25, 0.3) is 6.08 Å². The van der Waals surface area contributed by atoms with Gasteiger partial charge >= 0.3 is 5.97 Å². The Bertz CT molecular complexity index is 728. The molecule has 24 heavy (non-hydrogen) atoms. The van der Waals surface area contributed by atoms with Gasteiger partial charge in [-0.15, -0.1) is 0 Å². The predicted octanol–water partition coefficient (Wildman–Crippen LogP) is 4.06. The fraction of sp³-hybridized carbons (Fsp3) is 0.158. The number of hydrogen-bond acceptors (Lipinski definition) is 3. The number of halogens is 1. The first-order chi connectivity index (χ1) is 11.6. The number of amides is 1. The molecular formula is C19H18BrNO3. The Hall–Kier alpha value is -2.40. The van der Waals surface area contributed by atoms with Gasteiger partial charge in [-0.25, -0.2) is 4.79 Å². The predicted molar refractivity (Wildman–Crippen MR) is 98.6 cm³/mol. The Labute approximate surface area is 149 Å². The van der Waals surface area contributed by atoms with E-state index in [2.05, 4.69) is 15.9 Å². The Morgan fingerprint density at radius 3 is 2.54 bits per heavy atom. The minimum Gasteiger partial charge on any atom is -0.452 e. The summed E-state index contributed by atoms with van der Waals surface area (Å²) in [6.07, 6.45) is 2.96. The van der Waals surface area contributed by atoms with Gasteiger partial charge in [0.05, 0.1) is 0 Å². The lowest BCUT2D eigenvalue weighted by atomic mass is 10.2. The van der Waals surface area contributed by atoms with Gasteiger partial charge in [0.2, 0.25) is 0 Å². The molecule has 2 rings (SSSR count). The third-order valence-electron chi connectivity index (χ3n) is 3.28. The van der Waals surface area contributed by atoms with E-state index in [0.29, 0.717) is 6.54 Å². The second-order valence-electron chi connectivity index (χ2n) is 4.97. The van der Waals surface area contributed by atoms with Crippen LogP contribution in [0.4, 0.5) is 5.69 Å². The standard InChI is InChI=1S/C19H18BrNO3/c1-2-21(17-9-4-3-5-10-17)18(22)14-24-19(23)12-11-15-7-6-8-16(20)13-15/h3-13H,2,14H2,1H3/b12-11+. The van der Waals surface area contributed by atoms with Crippen molar-refractivity contribution in [3.8, 4) is 0 Å². The molecule has 2 aromatic rings. The number of rotatable bonds is 6. The molecule has 0 aliphatic rings. The van der Waals surface area contributed by atoms with Gasteiger partial charge in [0.25, 0.3) is 5.91 Å². The van der Waals surface area contributed by atoms with Gasteiger partial charge in [-0.2, -0.15) is 0 Å². The molecule has 4 nitrogen and oxygen atoms in total. The Balaban J connectivity index is 1.89. The molecule has 1 amide bonds. The topological polar surface area (TPSA) is 46.6 Å². The molecule has 0 spiro atoms. The lowest BCUT2D eigenvalue weighted by molar-refractivity contribution is -0.142. The minimum absolute atomic E-state index is 0.257. The number of carbonyl (C=O) groups is 2. The third kappa shape index (κ3) is 5.35. The van der Waals surface area contributed by atoms with Crippen molar-refractivity contribution >= 4 is 39.6 Å². The van der Waals surface area contributed by atoms with Crippen LogP contribution in [0.2, 0.25) is 0 Å². The zero-order valence-corrected chi connectivity index (χ0v) is 14.9. The van der Waals surface area contributed by atoms with Crippen LogP contribution < -0.4 is 4.90 Å². The van der Waals surface area contributed by atoms with Gasteiger partial charge in [-0.05, 0) is 42.8 Å². The number of nitrogens with zero attached hydrogens (tertiary/aromatic N) is 1. The number of benzene rings is 2. The Kier molecular flexibility index (Phi) is 6.75. The van der Waals surface area contributed by atoms with E-state index in [0.717, 1.165) is 15.7 Å².